The van der Waals surface area contributed by atoms with E-state index in [1.54, 1.807) is 9.80 Å². The third-order valence-corrected chi connectivity index (χ3v) is 16.3. The SMILES string of the molecule is O=C(N[C@@H]1CO[C@@H](c2ccccc2)CN(CC2CC2)C1=O)N1CCC(N2Cc3ccccc3NC2=O)CC1.O=C(N[C@@H]1CO[C@H](c2ccccc2)CN(CC2CC2)C1=O)N1CCC(N2Cc3ccccc3NC2=O)CC1. The predicted octanol–water partition coefficient (Wildman–Crippen LogP) is 7.17. The summed E-state index contributed by atoms with van der Waals surface area (Å²) < 4.78 is 12.4. The molecule has 6 heterocycles. The van der Waals surface area contributed by atoms with E-state index < -0.39 is 12.1 Å². The van der Waals surface area contributed by atoms with Gasteiger partial charge in [-0.25, -0.2) is 19.2 Å². The van der Waals surface area contributed by atoms with Gasteiger partial charge in [-0.05, 0) is 97.6 Å². The fourth-order valence-corrected chi connectivity index (χ4v) is 11.5. The number of hydrogen-bond acceptors (Lipinski definition) is 8. The molecule has 18 nitrogen and oxygen atoms in total. The third-order valence-electron chi connectivity index (χ3n) is 16.3. The highest BCUT2D eigenvalue weighted by atomic mass is 16.5. The number of carbonyl (C=O) groups excluding carboxylic acids is 6. The van der Waals surface area contributed by atoms with Gasteiger partial charge >= 0.3 is 24.1 Å². The lowest BCUT2D eigenvalue weighted by molar-refractivity contribution is -0.133. The number of ether oxygens (including phenoxy) is 2. The maximum Gasteiger partial charge on any atom is 0.322 e. The molecule has 2 aliphatic carbocycles. The van der Waals surface area contributed by atoms with Gasteiger partial charge in [-0.3, -0.25) is 9.59 Å². The molecular formula is C58H70N10O8. The standard InChI is InChI=1S/2C29H35N5O4/c2*35-27-25(19-38-26(21-6-2-1-3-7-21)18-33(27)16-20-10-11-20)31-28(36)32-14-12-23(13-15-32)34-17-22-8-4-5-9-24(22)30-29(34)37/h2*1-9,20,23,25-26H,10-19H2,(H,30,37)(H,31,36)/t25-,26+;25-,26-/m11/s1. The summed E-state index contributed by atoms with van der Waals surface area (Å²) in [5.41, 5.74) is 6.02. The molecule has 4 aromatic rings. The average Bonchev–Trinajstić information content (AvgIpc) is 4.42. The highest BCUT2D eigenvalue weighted by Gasteiger charge is 2.41. The molecule has 8 aliphatic rings. The van der Waals surface area contributed by atoms with E-state index in [1.165, 1.54) is 0 Å². The lowest BCUT2D eigenvalue weighted by Crippen LogP contribution is -2.56. The zero-order valence-electron chi connectivity index (χ0n) is 43.1. The molecule has 4 atom stereocenters. The maximum atomic E-state index is 13.5. The van der Waals surface area contributed by atoms with Crippen molar-refractivity contribution in [2.75, 3.05) is 76.2 Å². The Morgan fingerprint density at radius 2 is 0.855 bits per heavy atom. The molecule has 76 heavy (non-hydrogen) atoms. The van der Waals surface area contributed by atoms with Gasteiger partial charge in [0.2, 0.25) is 11.8 Å². The Morgan fingerprint density at radius 1 is 0.487 bits per heavy atom. The minimum atomic E-state index is -0.711. The number of anilines is 2. The summed E-state index contributed by atoms with van der Waals surface area (Å²) >= 11 is 0. The molecule has 0 unspecified atom stereocenters. The number of amides is 10. The van der Waals surface area contributed by atoms with E-state index in [4.69, 9.17) is 9.47 Å². The summed E-state index contributed by atoms with van der Waals surface area (Å²) in [7, 11) is 0. The summed E-state index contributed by atoms with van der Waals surface area (Å²) in [6, 6.07) is 33.7. The number of benzene rings is 4. The van der Waals surface area contributed by atoms with Crippen LogP contribution < -0.4 is 21.3 Å². The molecular weight excluding hydrogens is 965 g/mol. The van der Waals surface area contributed by atoms with Crippen LogP contribution in [0.5, 0.6) is 0 Å². The largest absolute Gasteiger partial charge is 0.369 e. The maximum absolute atomic E-state index is 13.5. The minimum absolute atomic E-state index is 0.0657. The number of piperidine rings is 2. The molecule has 12 rings (SSSR count). The van der Waals surface area contributed by atoms with Crippen LogP contribution in [0.25, 0.3) is 0 Å². The predicted molar refractivity (Wildman–Crippen MR) is 285 cm³/mol. The van der Waals surface area contributed by atoms with Crippen LogP contribution in [0.3, 0.4) is 0 Å². The zero-order valence-corrected chi connectivity index (χ0v) is 43.1. The van der Waals surface area contributed by atoms with Gasteiger partial charge in [0.1, 0.15) is 24.3 Å². The van der Waals surface area contributed by atoms with Gasteiger partial charge in [0.15, 0.2) is 0 Å². The quantitative estimate of drug-likeness (QED) is 0.129. The van der Waals surface area contributed by atoms with Crippen molar-refractivity contribution in [2.45, 2.75) is 101 Å². The van der Waals surface area contributed by atoms with Crippen molar-refractivity contribution in [3.05, 3.63) is 131 Å². The molecule has 18 heteroatoms. The number of fused-ring (bicyclic) bond motifs is 2. The Morgan fingerprint density at radius 3 is 1.24 bits per heavy atom. The van der Waals surface area contributed by atoms with Crippen LogP contribution in [0.4, 0.5) is 30.6 Å². The number of nitrogens with one attached hydrogen (secondary N) is 4. The van der Waals surface area contributed by atoms with Gasteiger partial charge in [0.05, 0.1) is 26.3 Å². The number of carbonyl (C=O) groups is 6. The number of para-hydroxylation sites is 2. The number of hydrogen-bond donors (Lipinski definition) is 4. The van der Waals surface area contributed by atoms with Crippen LogP contribution in [-0.4, -0.2) is 155 Å². The Labute approximate surface area is 444 Å². The minimum Gasteiger partial charge on any atom is -0.369 e. The van der Waals surface area contributed by atoms with Gasteiger partial charge in [-0.2, -0.15) is 0 Å². The molecule has 4 aromatic carbocycles. The zero-order chi connectivity index (χ0) is 52.1. The average molecular weight is 1040 g/mol. The fraction of sp³-hybridized carbons (Fsp3) is 0.483. The number of likely N-dealkylation sites (tertiary alicyclic amines) is 2. The van der Waals surface area contributed by atoms with Gasteiger partial charge in [-0.15, -0.1) is 0 Å². The Bertz CT molecular complexity index is 2540. The van der Waals surface area contributed by atoms with Crippen molar-refractivity contribution in [3.63, 3.8) is 0 Å². The molecule has 4 N–H and O–H groups in total. The third kappa shape index (κ3) is 12.1. The lowest BCUT2D eigenvalue weighted by atomic mass is 10.0. The summed E-state index contributed by atoms with van der Waals surface area (Å²) in [5, 5.41) is 11.9. The second-order valence-electron chi connectivity index (χ2n) is 21.7. The first-order valence-electron chi connectivity index (χ1n) is 27.4. The van der Waals surface area contributed by atoms with Crippen molar-refractivity contribution >= 4 is 47.3 Å². The molecule has 400 valence electrons. The second-order valence-corrected chi connectivity index (χ2v) is 21.7. The van der Waals surface area contributed by atoms with Gasteiger partial charge in [-0.1, -0.05) is 97.1 Å². The second kappa shape index (κ2) is 23.0. The van der Waals surface area contributed by atoms with Crippen molar-refractivity contribution in [1.82, 2.24) is 40.0 Å². The van der Waals surface area contributed by atoms with E-state index in [2.05, 4.69) is 21.3 Å². The smallest absolute Gasteiger partial charge is 0.322 e. The summed E-state index contributed by atoms with van der Waals surface area (Å²) in [6.45, 7) is 5.99. The van der Waals surface area contributed by atoms with Crippen LogP contribution in [-0.2, 0) is 32.2 Å². The summed E-state index contributed by atoms with van der Waals surface area (Å²) in [5.74, 6) is 0.954. The van der Waals surface area contributed by atoms with E-state index >= 15 is 0 Å². The van der Waals surface area contributed by atoms with Gasteiger partial charge in [0.25, 0.3) is 0 Å². The summed E-state index contributed by atoms with van der Waals surface area (Å²) in [6.07, 6.45) is 6.95. The Kier molecular flexibility index (Phi) is 15.4. The molecule has 2 saturated carbocycles. The van der Waals surface area contributed by atoms with Crippen LogP contribution in [0.1, 0.15) is 85.8 Å². The van der Waals surface area contributed by atoms with Crippen LogP contribution in [0, 0.1) is 11.8 Å². The van der Waals surface area contributed by atoms with E-state index in [0.29, 0.717) is 103 Å². The molecule has 0 spiro atoms. The normalized spacial score (nSPS) is 24.5. The monoisotopic (exact) mass is 1030 g/mol. The van der Waals surface area contributed by atoms with Crippen LogP contribution >= 0.6 is 0 Å². The van der Waals surface area contributed by atoms with E-state index in [0.717, 1.165) is 59.3 Å². The fourth-order valence-electron chi connectivity index (χ4n) is 11.5. The van der Waals surface area contributed by atoms with Crippen molar-refractivity contribution < 1.29 is 38.2 Å². The first-order valence-corrected chi connectivity index (χ1v) is 27.4. The van der Waals surface area contributed by atoms with Crippen LogP contribution in [0.2, 0.25) is 0 Å². The number of rotatable bonds is 10. The topological polar surface area (TPSA) is 188 Å². The van der Waals surface area contributed by atoms with Crippen LogP contribution in [0.15, 0.2) is 109 Å². The number of urea groups is 4. The van der Waals surface area contributed by atoms with Gasteiger partial charge < -0.3 is 60.1 Å². The van der Waals surface area contributed by atoms with Crippen molar-refractivity contribution in [1.29, 1.82) is 0 Å². The molecule has 4 saturated heterocycles. The van der Waals surface area contributed by atoms with E-state index in [-0.39, 0.29) is 73.4 Å². The van der Waals surface area contributed by atoms with Crippen molar-refractivity contribution in [2.24, 2.45) is 11.8 Å². The molecule has 6 fully saturated rings. The molecule has 0 radical (unpaired) electrons. The van der Waals surface area contributed by atoms with E-state index in [1.807, 2.05) is 129 Å². The van der Waals surface area contributed by atoms with E-state index in [9.17, 15) is 28.8 Å². The Balaban J connectivity index is 0.000000162. The summed E-state index contributed by atoms with van der Waals surface area (Å²) in [4.78, 5) is 89.8. The molecule has 0 bridgehead atoms. The molecule has 0 aromatic heterocycles. The number of nitrogens with zero attached hydrogens (tertiary/aromatic N) is 6. The highest BCUT2D eigenvalue weighted by molar-refractivity contribution is 5.93. The van der Waals surface area contributed by atoms with Crippen molar-refractivity contribution in [3.8, 4) is 0 Å². The first kappa shape index (κ1) is 51.0. The van der Waals surface area contributed by atoms with Gasteiger partial charge in [0, 0.05) is 75.8 Å². The molecule has 6 aliphatic heterocycles. The highest BCUT2D eigenvalue weighted by Crippen LogP contribution is 2.35. The lowest BCUT2D eigenvalue weighted by Gasteiger charge is -2.40. The first-order chi connectivity index (χ1) is 37.1. The Hall–Kier alpha value is -7.18. The molecule has 10 amide bonds.